The maximum atomic E-state index is 13.5. The van der Waals surface area contributed by atoms with E-state index in [4.69, 9.17) is 0 Å². The van der Waals surface area contributed by atoms with Crippen LogP contribution < -0.4 is 5.32 Å². The van der Waals surface area contributed by atoms with Gasteiger partial charge in [-0.15, -0.1) is 0 Å². The molecule has 0 radical (unpaired) electrons. The standard InChI is InChI=1S/C20H25F2N5O2/c1-2-25(10-11-27-8-3-6-24-27)19(28)13-18-20(29)23-7-9-26(18)14-15-4-5-16(21)17(22)12-15/h3-6,8,12,18H,2,7,9-11,13-14H2,1H3,(H,23,29)/t18-/m0/s1. The third-order valence-corrected chi connectivity index (χ3v) is 5.07. The van der Waals surface area contributed by atoms with Gasteiger partial charge >= 0.3 is 0 Å². The Labute approximate surface area is 168 Å². The van der Waals surface area contributed by atoms with Gasteiger partial charge in [-0.25, -0.2) is 8.78 Å². The van der Waals surface area contributed by atoms with Gasteiger partial charge in [0, 0.05) is 45.1 Å². The summed E-state index contributed by atoms with van der Waals surface area (Å²) in [5.74, 6) is -2.19. The molecule has 0 aliphatic carbocycles. The Morgan fingerprint density at radius 1 is 1.34 bits per heavy atom. The van der Waals surface area contributed by atoms with Crippen molar-refractivity contribution in [2.45, 2.75) is 32.5 Å². The van der Waals surface area contributed by atoms with E-state index in [0.717, 1.165) is 12.1 Å². The van der Waals surface area contributed by atoms with Crippen molar-refractivity contribution in [3.63, 3.8) is 0 Å². The lowest BCUT2D eigenvalue weighted by atomic mass is 10.1. The second-order valence-electron chi connectivity index (χ2n) is 6.97. The molecular formula is C20H25F2N5O2. The van der Waals surface area contributed by atoms with Gasteiger partial charge in [0.05, 0.1) is 19.0 Å². The van der Waals surface area contributed by atoms with Gasteiger partial charge in [-0.1, -0.05) is 6.07 Å². The molecule has 1 aromatic carbocycles. The lowest BCUT2D eigenvalue weighted by Crippen LogP contribution is -2.56. The van der Waals surface area contributed by atoms with Gasteiger partial charge in [-0.05, 0) is 30.7 Å². The largest absolute Gasteiger partial charge is 0.353 e. The normalized spacial score (nSPS) is 17.2. The first-order valence-electron chi connectivity index (χ1n) is 9.68. The molecule has 2 heterocycles. The van der Waals surface area contributed by atoms with E-state index in [-0.39, 0.29) is 24.8 Å². The summed E-state index contributed by atoms with van der Waals surface area (Å²) in [5, 5.41) is 6.92. The molecule has 1 N–H and O–H groups in total. The van der Waals surface area contributed by atoms with Gasteiger partial charge in [-0.3, -0.25) is 19.2 Å². The predicted octanol–water partition coefficient (Wildman–Crippen LogP) is 1.40. The summed E-state index contributed by atoms with van der Waals surface area (Å²) in [5.41, 5.74) is 0.557. The van der Waals surface area contributed by atoms with Gasteiger partial charge < -0.3 is 10.2 Å². The van der Waals surface area contributed by atoms with Gasteiger partial charge in [0.2, 0.25) is 11.8 Å². The van der Waals surface area contributed by atoms with Crippen molar-refractivity contribution >= 4 is 11.8 Å². The molecule has 1 fully saturated rings. The van der Waals surface area contributed by atoms with Crippen LogP contribution in [-0.4, -0.2) is 63.6 Å². The average molecular weight is 405 g/mol. The number of benzene rings is 1. The number of hydrogen-bond acceptors (Lipinski definition) is 4. The molecule has 2 aromatic rings. The molecule has 0 spiro atoms. The maximum absolute atomic E-state index is 13.5. The van der Waals surface area contributed by atoms with Crippen molar-refractivity contribution < 1.29 is 18.4 Å². The molecule has 0 bridgehead atoms. The number of carbonyl (C=O) groups is 2. The van der Waals surface area contributed by atoms with Crippen LogP contribution in [0.25, 0.3) is 0 Å². The van der Waals surface area contributed by atoms with Crippen LogP contribution in [0.4, 0.5) is 8.78 Å². The monoisotopic (exact) mass is 405 g/mol. The van der Waals surface area contributed by atoms with Crippen molar-refractivity contribution in [3.05, 3.63) is 53.9 Å². The minimum Gasteiger partial charge on any atom is -0.353 e. The lowest BCUT2D eigenvalue weighted by Gasteiger charge is -2.35. The molecule has 1 saturated heterocycles. The summed E-state index contributed by atoms with van der Waals surface area (Å²) >= 11 is 0. The van der Waals surface area contributed by atoms with E-state index < -0.39 is 17.7 Å². The number of amides is 2. The molecule has 2 amide bonds. The second-order valence-corrected chi connectivity index (χ2v) is 6.97. The first-order chi connectivity index (χ1) is 14.0. The fraction of sp³-hybridized carbons (Fsp3) is 0.450. The molecule has 9 heteroatoms. The van der Waals surface area contributed by atoms with E-state index in [2.05, 4.69) is 10.4 Å². The number of aromatic nitrogens is 2. The van der Waals surface area contributed by atoms with Crippen molar-refractivity contribution in [1.82, 2.24) is 24.9 Å². The highest BCUT2D eigenvalue weighted by Crippen LogP contribution is 2.17. The quantitative estimate of drug-likeness (QED) is 0.721. The van der Waals surface area contributed by atoms with Gasteiger partial charge in [0.1, 0.15) is 0 Å². The number of piperazine rings is 1. The van der Waals surface area contributed by atoms with Crippen LogP contribution in [0, 0.1) is 11.6 Å². The summed E-state index contributed by atoms with van der Waals surface area (Å²) in [6.45, 7) is 4.73. The highest BCUT2D eigenvalue weighted by Gasteiger charge is 2.32. The zero-order valence-electron chi connectivity index (χ0n) is 16.4. The van der Waals surface area contributed by atoms with Crippen LogP contribution in [0.1, 0.15) is 18.9 Å². The number of hydrogen-bond donors (Lipinski definition) is 1. The molecule has 156 valence electrons. The molecule has 1 aliphatic heterocycles. The van der Waals surface area contributed by atoms with Gasteiger partial charge in [0.25, 0.3) is 0 Å². The topological polar surface area (TPSA) is 70.5 Å². The van der Waals surface area contributed by atoms with E-state index in [1.165, 1.54) is 6.07 Å². The van der Waals surface area contributed by atoms with E-state index in [9.17, 15) is 18.4 Å². The third kappa shape index (κ3) is 5.38. The van der Waals surface area contributed by atoms with E-state index in [0.29, 0.717) is 38.3 Å². The molecule has 0 unspecified atom stereocenters. The van der Waals surface area contributed by atoms with Crippen molar-refractivity contribution in [3.8, 4) is 0 Å². The summed E-state index contributed by atoms with van der Waals surface area (Å²) in [7, 11) is 0. The molecule has 0 saturated carbocycles. The number of halogens is 2. The summed E-state index contributed by atoms with van der Waals surface area (Å²) in [6.07, 6.45) is 3.54. The second kappa shape index (κ2) is 9.60. The SMILES string of the molecule is CCN(CCn1cccn1)C(=O)C[C@H]1C(=O)NCCN1Cc1ccc(F)c(F)c1. The Kier molecular flexibility index (Phi) is 6.92. The third-order valence-electron chi connectivity index (χ3n) is 5.07. The van der Waals surface area contributed by atoms with Crippen molar-refractivity contribution in [1.29, 1.82) is 0 Å². The number of nitrogens with zero attached hydrogens (tertiary/aromatic N) is 4. The fourth-order valence-corrected chi connectivity index (χ4v) is 3.46. The van der Waals surface area contributed by atoms with E-state index in [1.54, 1.807) is 15.8 Å². The average Bonchev–Trinajstić information content (AvgIpc) is 3.21. The van der Waals surface area contributed by atoms with E-state index >= 15 is 0 Å². The Balaban J connectivity index is 1.65. The zero-order chi connectivity index (χ0) is 20.8. The lowest BCUT2D eigenvalue weighted by molar-refractivity contribution is -0.139. The molecule has 1 aromatic heterocycles. The fourth-order valence-electron chi connectivity index (χ4n) is 3.46. The summed E-state index contributed by atoms with van der Waals surface area (Å²) in [4.78, 5) is 28.8. The van der Waals surface area contributed by atoms with Gasteiger partial charge in [-0.2, -0.15) is 5.10 Å². The number of carbonyl (C=O) groups excluding carboxylic acids is 2. The van der Waals surface area contributed by atoms with Crippen molar-refractivity contribution in [2.75, 3.05) is 26.2 Å². The number of nitrogens with one attached hydrogen (secondary N) is 1. The minimum absolute atomic E-state index is 0.0302. The van der Waals surface area contributed by atoms with Gasteiger partial charge in [0.15, 0.2) is 11.6 Å². The number of rotatable bonds is 8. The Morgan fingerprint density at radius 2 is 2.17 bits per heavy atom. The van der Waals surface area contributed by atoms with E-state index in [1.807, 2.05) is 24.1 Å². The summed E-state index contributed by atoms with van der Waals surface area (Å²) < 4.78 is 28.5. The predicted molar refractivity (Wildman–Crippen MR) is 103 cm³/mol. The molecule has 7 nitrogen and oxygen atoms in total. The first-order valence-corrected chi connectivity index (χ1v) is 9.68. The van der Waals surface area contributed by atoms with Crippen LogP contribution in [0.5, 0.6) is 0 Å². The Morgan fingerprint density at radius 3 is 2.86 bits per heavy atom. The highest BCUT2D eigenvalue weighted by atomic mass is 19.2. The minimum atomic E-state index is -0.924. The van der Waals surface area contributed by atoms with Crippen LogP contribution in [0.3, 0.4) is 0 Å². The van der Waals surface area contributed by atoms with Crippen LogP contribution in [-0.2, 0) is 22.7 Å². The molecule has 1 aliphatic rings. The molecule has 29 heavy (non-hydrogen) atoms. The van der Waals surface area contributed by atoms with Crippen LogP contribution in [0.15, 0.2) is 36.7 Å². The van der Waals surface area contributed by atoms with Crippen LogP contribution >= 0.6 is 0 Å². The smallest absolute Gasteiger partial charge is 0.237 e. The Bertz CT molecular complexity index is 843. The van der Waals surface area contributed by atoms with Crippen LogP contribution in [0.2, 0.25) is 0 Å². The maximum Gasteiger partial charge on any atom is 0.237 e. The summed E-state index contributed by atoms with van der Waals surface area (Å²) in [6, 6.07) is 4.86. The zero-order valence-corrected chi connectivity index (χ0v) is 16.4. The first kappa shape index (κ1) is 20.9. The van der Waals surface area contributed by atoms with Crippen molar-refractivity contribution in [2.24, 2.45) is 0 Å². The molecule has 1 atom stereocenters. The highest BCUT2D eigenvalue weighted by molar-refractivity contribution is 5.88. The molecular weight excluding hydrogens is 380 g/mol. The number of likely N-dealkylation sites (N-methyl/N-ethyl adjacent to an activating group) is 1. The Hall–Kier alpha value is -2.81. The molecule has 3 rings (SSSR count).